The number of halogens is 8. The van der Waals surface area contributed by atoms with E-state index in [1.807, 2.05) is 0 Å². The van der Waals surface area contributed by atoms with Crippen molar-refractivity contribution in [3.8, 4) is 5.75 Å². The number of alkyl halides is 6. The van der Waals surface area contributed by atoms with Gasteiger partial charge in [0.05, 0.1) is 6.61 Å². The molecule has 4 rings (SSSR count). The molecule has 0 bridgehead atoms. The SMILES string of the molecule is C[C@H]1[C@@H](c2ccc(F)c(F)c2OCC2CC(O)(C(F)(F)F)C2)[C@H](C(=O)Nc2ccnc(C(N)=O)c2)O[C@@]1(C)C(F)(F)F. The molecule has 1 saturated carbocycles. The normalized spacial score (nSPS) is 29.6. The maximum Gasteiger partial charge on any atom is 0.417 e. The molecule has 16 heteroatoms. The number of carbonyl (C=O) groups is 2. The first-order chi connectivity index (χ1) is 19.3. The lowest BCUT2D eigenvalue weighted by Crippen LogP contribution is -2.56. The highest BCUT2D eigenvalue weighted by atomic mass is 19.4. The quantitative estimate of drug-likeness (QED) is 0.393. The first-order valence-electron chi connectivity index (χ1n) is 12.5. The first kappa shape index (κ1) is 31.4. The number of nitrogens with two attached hydrogens (primary N) is 1. The number of nitrogens with zero attached hydrogens (tertiary/aromatic N) is 1. The number of pyridine rings is 1. The molecule has 2 aromatic rings. The van der Waals surface area contributed by atoms with Crippen molar-refractivity contribution in [3.05, 3.63) is 53.4 Å². The van der Waals surface area contributed by atoms with Crippen LogP contribution in [0.1, 0.15) is 48.7 Å². The number of amides is 2. The number of rotatable bonds is 7. The van der Waals surface area contributed by atoms with Crippen molar-refractivity contribution in [2.75, 3.05) is 11.9 Å². The highest BCUT2D eigenvalue weighted by Crippen LogP contribution is 2.55. The maximum absolute atomic E-state index is 15.0. The van der Waals surface area contributed by atoms with Crippen LogP contribution in [0.3, 0.4) is 0 Å². The van der Waals surface area contributed by atoms with E-state index in [-0.39, 0.29) is 11.4 Å². The summed E-state index contributed by atoms with van der Waals surface area (Å²) < 4.78 is 121. The van der Waals surface area contributed by atoms with E-state index in [4.69, 9.17) is 15.2 Å². The van der Waals surface area contributed by atoms with Gasteiger partial charge in [-0.2, -0.15) is 30.7 Å². The Kier molecular flexibility index (Phi) is 7.95. The maximum atomic E-state index is 15.0. The van der Waals surface area contributed by atoms with Crippen molar-refractivity contribution in [1.82, 2.24) is 4.98 Å². The van der Waals surface area contributed by atoms with Gasteiger partial charge < -0.3 is 25.6 Å². The van der Waals surface area contributed by atoms with Crippen molar-refractivity contribution < 1.29 is 59.3 Å². The van der Waals surface area contributed by atoms with E-state index in [0.29, 0.717) is 13.0 Å². The van der Waals surface area contributed by atoms with E-state index in [1.54, 1.807) is 0 Å². The molecular formula is C26H25F8N3O5. The molecule has 4 N–H and O–H groups in total. The third-order valence-corrected chi connectivity index (χ3v) is 7.89. The second-order valence-corrected chi connectivity index (χ2v) is 10.6. The van der Waals surface area contributed by atoms with E-state index in [0.717, 1.165) is 25.3 Å². The van der Waals surface area contributed by atoms with Crippen LogP contribution in [0.2, 0.25) is 0 Å². The minimum absolute atomic E-state index is 0.0803. The van der Waals surface area contributed by atoms with Crippen LogP contribution in [-0.2, 0) is 9.53 Å². The van der Waals surface area contributed by atoms with Crippen LogP contribution in [-0.4, -0.2) is 58.2 Å². The van der Waals surface area contributed by atoms with Crippen molar-refractivity contribution >= 4 is 17.5 Å². The zero-order valence-corrected chi connectivity index (χ0v) is 21.9. The molecule has 1 aliphatic heterocycles. The summed E-state index contributed by atoms with van der Waals surface area (Å²) in [4.78, 5) is 28.4. The van der Waals surface area contributed by atoms with Crippen molar-refractivity contribution in [1.29, 1.82) is 0 Å². The Morgan fingerprint density at radius 1 is 1.14 bits per heavy atom. The predicted molar refractivity (Wildman–Crippen MR) is 128 cm³/mol. The Hall–Kier alpha value is -3.53. The van der Waals surface area contributed by atoms with E-state index in [2.05, 4.69) is 10.3 Å². The largest absolute Gasteiger partial charge is 0.490 e. The van der Waals surface area contributed by atoms with Crippen LogP contribution in [0.25, 0.3) is 0 Å². The average Bonchev–Trinajstić information content (AvgIpc) is 3.14. The lowest BCUT2D eigenvalue weighted by atomic mass is 9.71. The summed E-state index contributed by atoms with van der Waals surface area (Å²) in [5.74, 6) is -10.2. The Morgan fingerprint density at radius 2 is 1.79 bits per heavy atom. The number of benzene rings is 1. The topological polar surface area (TPSA) is 124 Å². The molecule has 0 spiro atoms. The minimum Gasteiger partial charge on any atom is -0.490 e. The summed E-state index contributed by atoms with van der Waals surface area (Å²) in [6, 6.07) is 3.79. The zero-order valence-electron chi connectivity index (χ0n) is 21.9. The molecule has 1 aliphatic carbocycles. The van der Waals surface area contributed by atoms with E-state index >= 15 is 4.39 Å². The molecule has 2 amide bonds. The molecule has 8 nitrogen and oxygen atoms in total. The minimum atomic E-state index is -5.04. The molecule has 42 heavy (non-hydrogen) atoms. The van der Waals surface area contributed by atoms with Gasteiger partial charge in [-0.05, 0) is 43.9 Å². The van der Waals surface area contributed by atoms with Crippen LogP contribution in [0, 0.1) is 23.5 Å². The third kappa shape index (κ3) is 5.48. The summed E-state index contributed by atoms with van der Waals surface area (Å²) in [6.45, 7) is 1.14. The molecule has 2 fully saturated rings. The molecule has 0 radical (unpaired) electrons. The molecule has 1 aromatic carbocycles. The first-order valence-corrected chi connectivity index (χ1v) is 12.5. The number of anilines is 1. The van der Waals surface area contributed by atoms with E-state index < -0.39 is 102 Å². The number of aromatic nitrogens is 1. The Labute approximate surface area is 233 Å². The van der Waals surface area contributed by atoms with Crippen molar-refractivity contribution in [3.63, 3.8) is 0 Å². The van der Waals surface area contributed by atoms with Gasteiger partial charge in [0.15, 0.2) is 22.8 Å². The van der Waals surface area contributed by atoms with E-state index in [9.17, 15) is 45.4 Å². The second-order valence-electron chi connectivity index (χ2n) is 10.6. The van der Waals surface area contributed by atoms with Gasteiger partial charge in [-0.25, -0.2) is 4.39 Å². The molecule has 230 valence electrons. The molecule has 0 unspecified atom stereocenters. The van der Waals surface area contributed by atoms with Crippen LogP contribution < -0.4 is 15.8 Å². The molecule has 1 saturated heterocycles. The van der Waals surface area contributed by atoms with Crippen LogP contribution in [0.4, 0.5) is 40.8 Å². The lowest BCUT2D eigenvalue weighted by Gasteiger charge is -2.44. The number of aliphatic hydroxyl groups is 1. The van der Waals surface area contributed by atoms with Crippen LogP contribution >= 0.6 is 0 Å². The summed E-state index contributed by atoms with van der Waals surface area (Å²) in [7, 11) is 0. The Balaban J connectivity index is 1.68. The number of ether oxygens (including phenoxy) is 2. The lowest BCUT2D eigenvalue weighted by molar-refractivity contribution is -0.300. The fourth-order valence-electron chi connectivity index (χ4n) is 5.28. The fourth-order valence-corrected chi connectivity index (χ4v) is 5.28. The zero-order chi connectivity index (χ0) is 31.4. The highest BCUT2D eigenvalue weighted by Gasteiger charge is 2.66. The Bertz CT molecular complexity index is 1380. The molecule has 2 heterocycles. The van der Waals surface area contributed by atoms with Crippen molar-refractivity contribution in [2.24, 2.45) is 17.6 Å². The highest BCUT2D eigenvalue weighted by molar-refractivity contribution is 5.97. The van der Waals surface area contributed by atoms with Crippen LogP contribution in [0.5, 0.6) is 5.75 Å². The number of hydrogen-bond donors (Lipinski definition) is 3. The van der Waals surface area contributed by atoms with Crippen molar-refractivity contribution in [2.45, 2.75) is 62.3 Å². The van der Waals surface area contributed by atoms with Gasteiger partial charge in [0.25, 0.3) is 11.8 Å². The summed E-state index contributed by atoms with van der Waals surface area (Å²) in [6.07, 6.45) is -12.4. The second kappa shape index (κ2) is 10.6. The van der Waals surface area contributed by atoms with E-state index in [1.165, 1.54) is 6.07 Å². The van der Waals surface area contributed by atoms with Gasteiger partial charge in [-0.15, -0.1) is 0 Å². The van der Waals surface area contributed by atoms with Gasteiger partial charge >= 0.3 is 12.4 Å². The predicted octanol–water partition coefficient (Wildman–Crippen LogP) is 4.62. The summed E-state index contributed by atoms with van der Waals surface area (Å²) in [5, 5.41) is 12.0. The fraction of sp³-hybridized carbons (Fsp3) is 0.500. The molecule has 4 atom stereocenters. The summed E-state index contributed by atoms with van der Waals surface area (Å²) in [5.41, 5.74) is -1.52. The number of primary amides is 1. The number of carbonyl (C=O) groups excluding carboxylic acids is 2. The molecule has 2 aliphatic rings. The monoisotopic (exact) mass is 611 g/mol. The molecular weight excluding hydrogens is 586 g/mol. The Morgan fingerprint density at radius 3 is 2.36 bits per heavy atom. The third-order valence-electron chi connectivity index (χ3n) is 7.89. The number of hydrogen-bond acceptors (Lipinski definition) is 6. The van der Waals surface area contributed by atoms with Crippen LogP contribution in [0.15, 0.2) is 30.5 Å². The summed E-state index contributed by atoms with van der Waals surface area (Å²) >= 11 is 0. The standard InChI is InChI=1S/C26H25F8N3O5/c1-11-17(14-3-4-15(27)18(28)19(14)41-10-12-8-24(40,9-12)26(32,33)34)20(42-23(11,2)25(29,30)31)22(39)37-13-5-6-36-16(7-13)21(35)38/h3-7,11-12,17,20,40H,8-10H2,1-2H3,(H2,35,38)(H,36,37,39)/t11-,12?,17-,20+,23+,24?/m0/s1. The van der Waals surface area contributed by atoms with Gasteiger partial charge in [0.1, 0.15) is 11.8 Å². The van der Waals surface area contributed by atoms with Gasteiger partial charge in [0, 0.05) is 29.3 Å². The van der Waals surface area contributed by atoms with Gasteiger partial charge in [-0.3, -0.25) is 14.6 Å². The smallest absolute Gasteiger partial charge is 0.417 e. The average molecular weight is 611 g/mol. The van der Waals surface area contributed by atoms with Gasteiger partial charge in [-0.1, -0.05) is 13.0 Å². The van der Waals surface area contributed by atoms with Gasteiger partial charge in [0.2, 0.25) is 5.82 Å². The number of nitrogens with one attached hydrogen (secondary N) is 1. The molecule has 1 aromatic heterocycles.